The monoisotopic (exact) mass is 307 g/mol. The van der Waals surface area contributed by atoms with Gasteiger partial charge in [0.25, 0.3) is 5.91 Å². The third-order valence-electron chi connectivity index (χ3n) is 4.08. The van der Waals surface area contributed by atoms with Crippen LogP contribution in [-0.2, 0) is 0 Å². The summed E-state index contributed by atoms with van der Waals surface area (Å²) in [5.74, 6) is 0.151. The van der Waals surface area contributed by atoms with Gasteiger partial charge in [-0.2, -0.15) is 0 Å². The summed E-state index contributed by atoms with van der Waals surface area (Å²) in [6, 6.07) is 4.36. The van der Waals surface area contributed by atoms with Crippen LogP contribution in [0.25, 0.3) is 0 Å². The van der Waals surface area contributed by atoms with Crippen molar-refractivity contribution in [1.29, 1.82) is 0 Å². The van der Waals surface area contributed by atoms with Crippen LogP contribution in [0.5, 0.6) is 5.75 Å². The summed E-state index contributed by atoms with van der Waals surface area (Å²) in [6.45, 7) is 3.72. The highest BCUT2D eigenvalue weighted by molar-refractivity contribution is 5.99. The minimum absolute atomic E-state index is 0.0303. The zero-order chi connectivity index (χ0) is 15.9. The number of nitrogens with zero attached hydrogens (tertiary/aromatic N) is 1. The van der Waals surface area contributed by atoms with E-state index in [1.807, 2.05) is 0 Å². The molecule has 1 heterocycles. The van der Waals surface area contributed by atoms with Gasteiger partial charge in [-0.05, 0) is 56.5 Å². The third kappa shape index (κ3) is 4.61. The largest absolute Gasteiger partial charge is 0.508 e. The normalized spacial score (nSPS) is 19.0. The first-order chi connectivity index (χ1) is 10.6. The maximum Gasteiger partial charge on any atom is 0.253 e. The number of carbonyl (C=O) groups is 1. The Hall–Kier alpha value is -1.79. The van der Waals surface area contributed by atoms with Crippen molar-refractivity contribution >= 4 is 11.6 Å². The second-order valence-electron chi connectivity index (χ2n) is 5.87. The Morgan fingerprint density at radius 2 is 2.27 bits per heavy atom. The molecule has 1 unspecified atom stereocenters. The van der Waals surface area contributed by atoms with Crippen LogP contribution < -0.4 is 11.1 Å². The smallest absolute Gasteiger partial charge is 0.253 e. The van der Waals surface area contributed by atoms with E-state index >= 15 is 0 Å². The van der Waals surface area contributed by atoms with Gasteiger partial charge >= 0.3 is 0 Å². The number of likely N-dealkylation sites (tertiary alicyclic amines) is 1. The molecule has 22 heavy (non-hydrogen) atoms. The van der Waals surface area contributed by atoms with Crippen LogP contribution in [-0.4, -0.2) is 53.8 Å². The highest BCUT2D eigenvalue weighted by Gasteiger charge is 2.18. The first-order valence-electron chi connectivity index (χ1n) is 7.80. The van der Waals surface area contributed by atoms with Gasteiger partial charge < -0.3 is 26.2 Å². The van der Waals surface area contributed by atoms with Crippen molar-refractivity contribution < 1.29 is 15.0 Å². The molecule has 1 saturated heterocycles. The summed E-state index contributed by atoms with van der Waals surface area (Å²) >= 11 is 0. The van der Waals surface area contributed by atoms with Crippen LogP contribution >= 0.6 is 0 Å². The molecule has 5 N–H and O–H groups in total. The average molecular weight is 307 g/mol. The van der Waals surface area contributed by atoms with Crippen molar-refractivity contribution in [2.45, 2.75) is 19.3 Å². The van der Waals surface area contributed by atoms with Crippen LogP contribution in [0.3, 0.4) is 0 Å². The van der Waals surface area contributed by atoms with E-state index < -0.39 is 0 Å². The van der Waals surface area contributed by atoms with E-state index in [4.69, 9.17) is 5.73 Å². The maximum atomic E-state index is 12.0. The van der Waals surface area contributed by atoms with Gasteiger partial charge in [0.05, 0.1) is 5.56 Å². The summed E-state index contributed by atoms with van der Waals surface area (Å²) < 4.78 is 0. The van der Waals surface area contributed by atoms with Crippen molar-refractivity contribution in [2.75, 3.05) is 38.5 Å². The van der Waals surface area contributed by atoms with Gasteiger partial charge in [0.15, 0.2) is 0 Å². The summed E-state index contributed by atoms with van der Waals surface area (Å²) in [7, 11) is 0. The highest BCUT2D eigenvalue weighted by Crippen LogP contribution is 2.18. The maximum absolute atomic E-state index is 12.0. The standard InChI is InChI=1S/C16H25N3O3/c17-15-5-4-13(21)9-14(15)16(22)18-6-2-8-19-7-1-3-12(10-19)11-20/h4-5,9,12,20-21H,1-3,6-8,10-11,17H2,(H,18,22). The number of nitrogens with two attached hydrogens (primary N) is 1. The number of hydrogen-bond acceptors (Lipinski definition) is 5. The topological polar surface area (TPSA) is 98.8 Å². The van der Waals surface area contributed by atoms with Crippen molar-refractivity contribution in [3.8, 4) is 5.75 Å². The quantitative estimate of drug-likeness (QED) is 0.354. The number of aromatic hydroxyl groups is 1. The lowest BCUT2D eigenvalue weighted by Crippen LogP contribution is -2.38. The van der Waals surface area contributed by atoms with E-state index in [-0.39, 0.29) is 18.3 Å². The Morgan fingerprint density at radius 1 is 1.45 bits per heavy atom. The van der Waals surface area contributed by atoms with Gasteiger partial charge in [0, 0.05) is 25.4 Å². The van der Waals surface area contributed by atoms with Crippen LogP contribution in [0.15, 0.2) is 18.2 Å². The zero-order valence-corrected chi connectivity index (χ0v) is 12.8. The number of aliphatic hydroxyl groups excluding tert-OH is 1. The first kappa shape index (κ1) is 16.6. The molecule has 1 atom stereocenters. The number of phenols is 1. The van der Waals surface area contributed by atoms with Crippen molar-refractivity contribution in [3.63, 3.8) is 0 Å². The minimum atomic E-state index is -0.264. The number of nitrogen functional groups attached to an aromatic ring is 1. The van der Waals surface area contributed by atoms with Crippen molar-refractivity contribution in [3.05, 3.63) is 23.8 Å². The minimum Gasteiger partial charge on any atom is -0.508 e. The average Bonchev–Trinajstić information content (AvgIpc) is 2.54. The molecule has 1 aliphatic rings. The summed E-state index contributed by atoms with van der Waals surface area (Å²) in [6.07, 6.45) is 3.07. The number of carbonyl (C=O) groups excluding carboxylic acids is 1. The molecule has 0 aliphatic carbocycles. The SMILES string of the molecule is Nc1ccc(O)cc1C(=O)NCCCN1CCCC(CO)C1. The lowest BCUT2D eigenvalue weighted by molar-refractivity contribution is 0.0947. The Kier molecular flexibility index (Phi) is 6.03. The molecule has 0 saturated carbocycles. The highest BCUT2D eigenvalue weighted by atomic mass is 16.3. The van der Waals surface area contributed by atoms with E-state index in [2.05, 4.69) is 10.2 Å². The lowest BCUT2D eigenvalue weighted by atomic mass is 9.99. The van der Waals surface area contributed by atoms with Gasteiger partial charge in [0.2, 0.25) is 0 Å². The van der Waals surface area contributed by atoms with E-state index in [1.165, 1.54) is 18.2 Å². The number of nitrogens with one attached hydrogen (secondary N) is 1. The van der Waals surface area contributed by atoms with E-state index in [9.17, 15) is 15.0 Å². The second-order valence-corrected chi connectivity index (χ2v) is 5.87. The second kappa shape index (κ2) is 8.00. The van der Waals surface area contributed by atoms with Gasteiger partial charge in [-0.1, -0.05) is 0 Å². The molecule has 1 aromatic rings. The number of hydrogen-bond donors (Lipinski definition) is 4. The molecule has 1 amide bonds. The molecular weight excluding hydrogens is 282 g/mol. The number of phenolic OH excluding ortho intramolecular Hbond substituents is 1. The van der Waals surface area contributed by atoms with E-state index in [1.54, 1.807) is 0 Å². The van der Waals surface area contributed by atoms with E-state index in [0.717, 1.165) is 38.9 Å². The Labute approximate surface area is 130 Å². The molecule has 1 fully saturated rings. The van der Waals surface area contributed by atoms with Gasteiger partial charge in [-0.3, -0.25) is 4.79 Å². The molecule has 122 valence electrons. The van der Waals surface area contributed by atoms with Crippen LogP contribution in [0.2, 0.25) is 0 Å². The summed E-state index contributed by atoms with van der Waals surface area (Å²) in [4.78, 5) is 14.4. The van der Waals surface area contributed by atoms with Crippen LogP contribution in [0.1, 0.15) is 29.6 Å². The number of amides is 1. The Balaban J connectivity index is 1.72. The fraction of sp³-hybridized carbons (Fsp3) is 0.562. The fourth-order valence-electron chi connectivity index (χ4n) is 2.84. The number of rotatable bonds is 6. The number of piperidine rings is 1. The van der Waals surface area contributed by atoms with Gasteiger partial charge in [0.1, 0.15) is 5.75 Å². The molecule has 0 radical (unpaired) electrons. The van der Waals surface area contributed by atoms with Gasteiger partial charge in [-0.15, -0.1) is 0 Å². The molecule has 6 nitrogen and oxygen atoms in total. The summed E-state index contributed by atoms with van der Waals surface area (Å²) in [5.41, 5.74) is 6.40. The predicted octanol–water partition coefficient (Wildman–Crippen LogP) is 0.799. The van der Waals surface area contributed by atoms with Crippen LogP contribution in [0.4, 0.5) is 5.69 Å². The van der Waals surface area contributed by atoms with E-state index in [0.29, 0.717) is 23.7 Å². The molecule has 1 aliphatic heterocycles. The number of aliphatic hydroxyl groups is 1. The lowest BCUT2D eigenvalue weighted by Gasteiger charge is -2.31. The first-order valence-corrected chi connectivity index (χ1v) is 7.80. The molecule has 2 rings (SSSR count). The predicted molar refractivity (Wildman–Crippen MR) is 85.7 cm³/mol. The third-order valence-corrected chi connectivity index (χ3v) is 4.08. The number of anilines is 1. The molecule has 0 aromatic heterocycles. The Morgan fingerprint density at radius 3 is 3.05 bits per heavy atom. The molecule has 0 bridgehead atoms. The van der Waals surface area contributed by atoms with Crippen LogP contribution in [0, 0.1) is 5.92 Å². The molecule has 6 heteroatoms. The Bertz CT molecular complexity index is 507. The molecular formula is C16H25N3O3. The van der Waals surface area contributed by atoms with Crippen molar-refractivity contribution in [2.24, 2.45) is 5.92 Å². The molecule has 1 aromatic carbocycles. The molecule has 0 spiro atoms. The number of benzene rings is 1. The van der Waals surface area contributed by atoms with Crippen molar-refractivity contribution in [1.82, 2.24) is 10.2 Å². The zero-order valence-electron chi connectivity index (χ0n) is 12.8. The van der Waals surface area contributed by atoms with Gasteiger partial charge in [-0.25, -0.2) is 0 Å². The fourth-order valence-corrected chi connectivity index (χ4v) is 2.84. The summed E-state index contributed by atoms with van der Waals surface area (Å²) in [5, 5.41) is 21.5.